The van der Waals surface area contributed by atoms with E-state index in [2.05, 4.69) is 11.6 Å². The van der Waals surface area contributed by atoms with Crippen LogP contribution in [0.25, 0.3) is 0 Å². The smallest absolute Gasteiger partial charge is 0.430 e. The summed E-state index contributed by atoms with van der Waals surface area (Å²) in [4.78, 5) is 46.7. The zero-order chi connectivity index (χ0) is 32.0. The molecule has 0 bridgehead atoms. The number of aliphatic hydroxyl groups excluding tert-OH is 1. The number of rotatable bonds is 4. The lowest BCUT2D eigenvalue weighted by Gasteiger charge is -2.39. The van der Waals surface area contributed by atoms with Crippen LogP contribution in [0.1, 0.15) is 66.5 Å². The molecular formula is C30H41Cl3N2O6S. The number of amides is 1. The summed E-state index contributed by atoms with van der Waals surface area (Å²) in [6.07, 6.45) is 2.90. The molecule has 8 nitrogen and oxygen atoms in total. The van der Waals surface area contributed by atoms with Gasteiger partial charge in [-0.3, -0.25) is 9.59 Å². The minimum atomic E-state index is -1.84. The minimum Gasteiger partial charge on any atom is -0.430 e. The Balaban J connectivity index is 2.62. The molecule has 0 aromatic carbocycles. The normalized spacial score (nSPS) is 30.3. The number of thiazole rings is 1. The van der Waals surface area contributed by atoms with E-state index in [-0.39, 0.29) is 11.8 Å². The second-order valence-corrected chi connectivity index (χ2v) is 14.9. The molecule has 2 rings (SSSR count). The van der Waals surface area contributed by atoms with Crippen molar-refractivity contribution in [2.24, 2.45) is 23.2 Å². The van der Waals surface area contributed by atoms with Gasteiger partial charge in [0, 0.05) is 17.6 Å². The molecule has 0 radical (unpaired) electrons. The van der Waals surface area contributed by atoms with Crippen LogP contribution in [0.2, 0.25) is 0 Å². The second-order valence-electron chi connectivity index (χ2n) is 11.6. The Kier molecular flexibility index (Phi) is 13.1. The molecule has 0 aliphatic carbocycles. The summed E-state index contributed by atoms with van der Waals surface area (Å²) in [5.74, 6) is -3.24. The fourth-order valence-electron chi connectivity index (χ4n) is 5.14. The zero-order valence-corrected chi connectivity index (χ0v) is 28.2. The van der Waals surface area contributed by atoms with E-state index in [9.17, 15) is 19.5 Å². The number of Topliss-reactive ketones (excluding diaryl/α,β-unsaturated/α-hetero) is 1. The fraction of sp³-hybridized carbons (Fsp3) is 0.600. The lowest BCUT2D eigenvalue weighted by molar-refractivity contribution is -0.147. The van der Waals surface area contributed by atoms with Gasteiger partial charge in [0.1, 0.15) is 24.4 Å². The molecule has 0 saturated heterocycles. The van der Waals surface area contributed by atoms with Gasteiger partial charge in [-0.05, 0) is 32.1 Å². The van der Waals surface area contributed by atoms with Crippen LogP contribution in [0.15, 0.2) is 47.0 Å². The van der Waals surface area contributed by atoms with Gasteiger partial charge in [-0.15, -0.1) is 11.3 Å². The van der Waals surface area contributed by atoms with Crippen LogP contribution in [0.4, 0.5) is 4.79 Å². The first-order chi connectivity index (χ1) is 19.4. The third kappa shape index (κ3) is 9.81. The van der Waals surface area contributed by atoms with Crippen molar-refractivity contribution in [2.75, 3.05) is 13.2 Å². The SMILES string of the molecule is C=C(C)N1C[C@@H](C)/C=C(C)/C=C\C[C@H](C)[C@H](OC(=O)OCC(Cl)(Cl)Cl)[C@@H](C)C(=O)C(C)(C)[C@@H](O)C(c2cscn2)C1=O. The van der Waals surface area contributed by atoms with Gasteiger partial charge < -0.3 is 19.5 Å². The van der Waals surface area contributed by atoms with Crippen LogP contribution in [-0.4, -0.2) is 62.0 Å². The summed E-state index contributed by atoms with van der Waals surface area (Å²) in [7, 11) is 0. The number of allylic oxidation sites excluding steroid dienone is 4. The fourth-order valence-corrected chi connectivity index (χ4v) is 5.90. The van der Waals surface area contributed by atoms with E-state index in [0.29, 0.717) is 24.4 Å². The summed E-state index contributed by atoms with van der Waals surface area (Å²) in [6.45, 7) is 16.1. The molecule has 1 N–H and O–H groups in total. The number of alkyl halides is 3. The minimum absolute atomic E-state index is 0.0488. The number of nitrogens with zero attached hydrogens (tertiary/aromatic N) is 2. The number of hydrogen-bond donors (Lipinski definition) is 1. The lowest BCUT2D eigenvalue weighted by Crippen LogP contribution is -2.51. The van der Waals surface area contributed by atoms with Crippen molar-refractivity contribution in [1.82, 2.24) is 9.88 Å². The lowest BCUT2D eigenvalue weighted by atomic mass is 9.69. The number of aromatic nitrogens is 1. The molecule has 0 saturated carbocycles. The van der Waals surface area contributed by atoms with Crippen molar-refractivity contribution >= 4 is 64.0 Å². The third-order valence-corrected chi connectivity index (χ3v) is 8.34. The first-order valence-electron chi connectivity index (χ1n) is 13.7. The number of aliphatic hydroxyl groups is 1. The van der Waals surface area contributed by atoms with Crippen molar-refractivity contribution < 1.29 is 29.0 Å². The predicted molar refractivity (Wildman–Crippen MR) is 168 cm³/mol. The molecule has 0 fully saturated rings. The van der Waals surface area contributed by atoms with Crippen LogP contribution in [0.5, 0.6) is 0 Å². The average Bonchev–Trinajstić information content (AvgIpc) is 3.41. The number of ketones is 1. The number of carbonyl (C=O) groups is 3. The van der Waals surface area contributed by atoms with Gasteiger partial charge in [-0.2, -0.15) is 0 Å². The monoisotopic (exact) mass is 662 g/mol. The van der Waals surface area contributed by atoms with E-state index in [4.69, 9.17) is 44.3 Å². The van der Waals surface area contributed by atoms with Gasteiger partial charge in [0.05, 0.1) is 28.6 Å². The second kappa shape index (κ2) is 15.2. The van der Waals surface area contributed by atoms with Gasteiger partial charge in [0.15, 0.2) is 0 Å². The van der Waals surface area contributed by atoms with Gasteiger partial charge in [0.2, 0.25) is 9.70 Å². The first-order valence-corrected chi connectivity index (χ1v) is 15.8. The number of halogens is 3. The van der Waals surface area contributed by atoms with E-state index >= 15 is 0 Å². The Morgan fingerprint density at radius 2 is 1.90 bits per heavy atom. The van der Waals surface area contributed by atoms with Gasteiger partial charge in [-0.1, -0.05) is 99.8 Å². The molecule has 1 aromatic rings. The maximum absolute atomic E-state index is 14.1. The van der Waals surface area contributed by atoms with Gasteiger partial charge >= 0.3 is 6.16 Å². The van der Waals surface area contributed by atoms with Crippen LogP contribution in [-0.2, 0) is 19.1 Å². The van der Waals surface area contributed by atoms with Crippen LogP contribution < -0.4 is 0 Å². The van der Waals surface area contributed by atoms with Gasteiger partial charge in [0.25, 0.3) is 0 Å². The standard InChI is InChI=1S/C30H41Cl3N2O6S/c1-17(2)35-13-19(4)12-18(3)10-9-11-20(5)24(41-28(39)40-15-30(31,32)33)21(6)25(36)29(7,8)26(37)23(27(35)38)22-14-42-16-34-22/h9-10,12,14,16,19-21,23-24,26,37H,1,11,13,15H2,2-8H3/b10-9-,18-12+/t19-,20-,21+,23?,24-,26-/m0/s1. The van der Waals surface area contributed by atoms with E-state index in [1.54, 1.807) is 38.6 Å². The zero-order valence-electron chi connectivity index (χ0n) is 25.1. The Hall–Kier alpha value is -1.91. The third-order valence-electron chi connectivity index (χ3n) is 7.41. The predicted octanol–water partition coefficient (Wildman–Crippen LogP) is 7.25. The number of hydrogen-bond acceptors (Lipinski definition) is 8. The summed E-state index contributed by atoms with van der Waals surface area (Å²) in [5, 5.41) is 13.5. The molecule has 0 spiro atoms. The average molecular weight is 664 g/mol. The van der Waals surface area contributed by atoms with Crippen molar-refractivity contribution in [3.63, 3.8) is 0 Å². The highest BCUT2D eigenvalue weighted by molar-refractivity contribution is 7.07. The molecule has 1 aliphatic heterocycles. The largest absolute Gasteiger partial charge is 0.508 e. The molecule has 1 aliphatic rings. The van der Waals surface area contributed by atoms with Crippen LogP contribution in [0.3, 0.4) is 0 Å². The molecule has 1 amide bonds. The van der Waals surface area contributed by atoms with Crippen LogP contribution in [0, 0.1) is 23.2 Å². The topological polar surface area (TPSA) is 106 Å². The summed E-state index contributed by atoms with van der Waals surface area (Å²) >= 11 is 18.4. The van der Waals surface area contributed by atoms with E-state index in [1.165, 1.54) is 16.2 Å². The molecule has 6 atom stereocenters. The van der Waals surface area contributed by atoms with Gasteiger partial charge in [-0.25, -0.2) is 9.78 Å². The maximum Gasteiger partial charge on any atom is 0.508 e. The number of carbonyl (C=O) groups excluding carboxylic acids is 3. The Morgan fingerprint density at radius 3 is 2.45 bits per heavy atom. The summed E-state index contributed by atoms with van der Waals surface area (Å²) in [5.41, 5.74) is 1.96. The van der Waals surface area contributed by atoms with Crippen molar-refractivity contribution in [3.05, 3.63) is 52.7 Å². The van der Waals surface area contributed by atoms with Crippen molar-refractivity contribution in [2.45, 2.75) is 76.8 Å². The molecule has 234 valence electrons. The van der Waals surface area contributed by atoms with E-state index in [1.807, 2.05) is 39.0 Å². The van der Waals surface area contributed by atoms with E-state index in [0.717, 1.165) is 5.57 Å². The summed E-state index contributed by atoms with van der Waals surface area (Å²) in [6, 6.07) is 0. The Labute approximate surface area is 267 Å². The maximum atomic E-state index is 14.1. The van der Waals surface area contributed by atoms with Crippen molar-refractivity contribution in [1.29, 1.82) is 0 Å². The van der Waals surface area contributed by atoms with Crippen molar-refractivity contribution in [3.8, 4) is 0 Å². The molecule has 1 aromatic heterocycles. The highest BCUT2D eigenvalue weighted by Crippen LogP contribution is 2.39. The molecule has 2 heterocycles. The first kappa shape index (κ1) is 36.3. The Morgan fingerprint density at radius 1 is 1.26 bits per heavy atom. The number of ether oxygens (including phenoxy) is 2. The summed E-state index contributed by atoms with van der Waals surface area (Å²) < 4.78 is 8.79. The quantitative estimate of drug-likeness (QED) is 0.267. The van der Waals surface area contributed by atoms with Crippen LogP contribution >= 0.6 is 46.1 Å². The molecular weight excluding hydrogens is 623 g/mol. The molecule has 12 heteroatoms. The highest BCUT2D eigenvalue weighted by Gasteiger charge is 2.49. The molecule has 42 heavy (non-hydrogen) atoms. The Bertz CT molecular complexity index is 1180. The van der Waals surface area contributed by atoms with E-state index < -0.39 is 57.7 Å². The highest BCUT2D eigenvalue weighted by atomic mass is 35.6. The molecule has 1 unspecified atom stereocenters.